The van der Waals surface area contributed by atoms with Crippen LogP contribution in [0.2, 0.25) is 5.02 Å². The highest BCUT2D eigenvalue weighted by Gasteiger charge is 2.14. The van der Waals surface area contributed by atoms with Gasteiger partial charge in [0.05, 0.1) is 15.7 Å². The maximum Gasteiger partial charge on any atom is 0.205 e. The summed E-state index contributed by atoms with van der Waals surface area (Å²) in [5, 5.41) is 4.66. The van der Waals surface area contributed by atoms with Crippen LogP contribution in [-0.2, 0) is 13.2 Å². The van der Waals surface area contributed by atoms with E-state index in [9.17, 15) is 4.79 Å². The number of carbonyl (C=O) groups excluding carboxylic acids is 1. The third-order valence-corrected chi connectivity index (χ3v) is 5.04. The van der Waals surface area contributed by atoms with Gasteiger partial charge in [0.1, 0.15) is 29.6 Å². The van der Waals surface area contributed by atoms with Gasteiger partial charge in [-0.15, -0.1) is 0 Å². The highest BCUT2D eigenvalue weighted by Crippen LogP contribution is 2.28. The molecule has 0 amide bonds. The summed E-state index contributed by atoms with van der Waals surface area (Å²) in [5.41, 5.74) is 0.508. The first kappa shape index (κ1) is 19.9. The molecule has 0 fully saturated rings. The molecule has 0 saturated heterocycles. The van der Waals surface area contributed by atoms with Gasteiger partial charge in [-0.05, 0) is 65.3 Å². The Kier molecular flexibility index (Phi) is 6.57. The normalized spacial score (nSPS) is 11.3. The zero-order valence-corrected chi connectivity index (χ0v) is 18.2. The Morgan fingerprint density at radius 2 is 2.15 bits per heavy atom. The molecular weight excluding hydrogens is 499 g/mol. The Bertz CT molecular complexity index is 995. The number of ketones is 1. The van der Waals surface area contributed by atoms with Crippen molar-refractivity contribution in [2.75, 3.05) is 0 Å². The van der Waals surface area contributed by atoms with Crippen LogP contribution in [0.3, 0.4) is 0 Å². The minimum Gasteiger partial charge on any atom is -0.484 e. The number of nitrogens with zero attached hydrogens (tertiary/aromatic N) is 2. The average molecular weight is 515 g/mol. The second kappa shape index (κ2) is 8.91. The van der Waals surface area contributed by atoms with Gasteiger partial charge in [0.2, 0.25) is 5.78 Å². The molecule has 0 bridgehead atoms. The Hall–Kier alpha value is -1.83. The van der Waals surface area contributed by atoms with Gasteiger partial charge in [-0.25, -0.2) is 0 Å². The first-order chi connectivity index (χ1) is 13.0. The number of rotatable bonds is 7. The van der Waals surface area contributed by atoms with Crippen LogP contribution in [0.5, 0.6) is 5.75 Å². The number of furan rings is 1. The number of hydrogen-bond donors (Lipinski definition) is 0. The molecule has 0 N–H and O–H groups in total. The smallest absolute Gasteiger partial charge is 0.205 e. The SMILES string of the molecule is CCn1ncc(Br)c1C(=O)/C=C/c1ccc(COc2ccc(Br)cc2Cl)o1. The average Bonchev–Trinajstić information content (AvgIpc) is 3.25. The van der Waals surface area contributed by atoms with Crippen LogP contribution < -0.4 is 4.74 Å². The second-order valence-corrected chi connectivity index (χ2v) is 7.70. The molecule has 0 unspecified atom stereocenters. The molecular formula is C19H15Br2ClN2O3. The summed E-state index contributed by atoms with van der Waals surface area (Å²) < 4.78 is 14.5. The van der Waals surface area contributed by atoms with Crippen LogP contribution in [0.25, 0.3) is 6.08 Å². The van der Waals surface area contributed by atoms with Crippen LogP contribution in [0.15, 0.2) is 56.0 Å². The molecule has 1 aromatic carbocycles. The number of aromatic nitrogens is 2. The van der Waals surface area contributed by atoms with Crippen LogP contribution in [0.1, 0.15) is 28.9 Å². The number of hydrogen-bond acceptors (Lipinski definition) is 4. The van der Waals surface area contributed by atoms with Crippen molar-refractivity contribution in [3.63, 3.8) is 0 Å². The van der Waals surface area contributed by atoms with Crippen LogP contribution in [0, 0.1) is 0 Å². The van der Waals surface area contributed by atoms with Crippen LogP contribution in [0.4, 0.5) is 0 Å². The minimum absolute atomic E-state index is 0.155. The summed E-state index contributed by atoms with van der Waals surface area (Å²) in [4.78, 5) is 12.4. The molecule has 0 aliphatic carbocycles. The van der Waals surface area contributed by atoms with Crippen LogP contribution in [-0.4, -0.2) is 15.6 Å². The van der Waals surface area contributed by atoms with E-state index in [1.807, 2.05) is 13.0 Å². The molecule has 27 heavy (non-hydrogen) atoms. The quantitative estimate of drug-likeness (QED) is 0.280. The lowest BCUT2D eigenvalue weighted by Crippen LogP contribution is -2.07. The molecule has 0 spiro atoms. The summed E-state index contributed by atoms with van der Waals surface area (Å²) in [6, 6.07) is 8.96. The van der Waals surface area contributed by atoms with Crippen molar-refractivity contribution >= 4 is 55.3 Å². The van der Waals surface area contributed by atoms with Crippen molar-refractivity contribution in [2.24, 2.45) is 0 Å². The van der Waals surface area contributed by atoms with E-state index in [1.165, 1.54) is 6.08 Å². The first-order valence-corrected chi connectivity index (χ1v) is 10.0. The van der Waals surface area contributed by atoms with Gasteiger partial charge >= 0.3 is 0 Å². The lowest BCUT2D eigenvalue weighted by atomic mass is 10.2. The van der Waals surface area contributed by atoms with E-state index in [0.717, 1.165) is 4.47 Å². The molecule has 0 saturated carbocycles. The van der Waals surface area contributed by atoms with Gasteiger partial charge in [0, 0.05) is 11.0 Å². The Balaban J connectivity index is 1.64. The molecule has 0 radical (unpaired) electrons. The second-order valence-electron chi connectivity index (χ2n) is 5.52. The van der Waals surface area contributed by atoms with Gasteiger partial charge in [0.25, 0.3) is 0 Å². The summed E-state index contributed by atoms with van der Waals surface area (Å²) in [5.74, 6) is 1.60. The van der Waals surface area contributed by atoms with Gasteiger partial charge < -0.3 is 9.15 Å². The van der Waals surface area contributed by atoms with Crippen molar-refractivity contribution in [3.05, 3.63) is 73.8 Å². The van der Waals surface area contributed by atoms with Crippen LogP contribution >= 0.6 is 43.5 Å². The number of benzene rings is 1. The predicted molar refractivity (Wildman–Crippen MR) is 111 cm³/mol. The van der Waals surface area contributed by atoms with Gasteiger partial charge in [-0.2, -0.15) is 5.10 Å². The summed E-state index contributed by atoms with van der Waals surface area (Å²) >= 11 is 12.8. The number of aryl methyl sites for hydroxylation is 1. The minimum atomic E-state index is -0.155. The highest BCUT2D eigenvalue weighted by atomic mass is 79.9. The third-order valence-electron chi connectivity index (χ3n) is 3.67. The number of allylic oxidation sites excluding steroid dienone is 1. The summed E-state index contributed by atoms with van der Waals surface area (Å²) in [7, 11) is 0. The predicted octanol–water partition coefficient (Wildman–Crippen LogP) is 6.15. The molecule has 5 nitrogen and oxygen atoms in total. The maximum absolute atomic E-state index is 12.4. The zero-order chi connectivity index (χ0) is 19.4. The summed E-state index contributed by atoms with van der Waals surface area (Å²) in [6.07, 6.45) is 4.70. The number of halogens is 3. The zero-order valence-electron chi connectivity index (χ0n) is 14.3. The molecule has 140 valence electrons. The van der Waals surface area contributed by atoms with Gasteiger partial charge in [0.15, 0.2) is 0 Å². The molecule has 3 rings (SSSR count). The number of carbonyl (C=O) groups is 1. The lowest BCUT2D eigenvalue weighted by Gasteiger charge is -2.06. The molecule has 2 aromatic heterocycles. The van der Waals surface area contributed by atoms with Gasteiger partial charge in [-0.3, -0.25) is 9.48 Å². The molecule has 3 aromatic rings. The highest BCUT2D eigenvalue weighted by molar-refractivity contribution is 9.10. The van der Waals surface area contributed by atoms with Crippen molar-refractivity contribution in [1.82, 2.24) is 9.78 Å². The van der Waals surface area contributed by atoms with E-state index in [0.29, 0.717) is 39.0 Å². The molecule has 0 aliphatic rings. The third kappa shape index (κ3) is 4.91. The van der Waals surface area contributed by atoms with Crippen molar-refractivity contribution in [3.8, 4) is 5.75 Å². The molecule has 0 aliphatic heterocycles. The number of ether oxygens (including phenoxy) is 1. The fourth-order valence-electron chi connectivity index (χ4n) is 2.39. The van der Waals surface area contributed by atoms with Crippen molar-refractivity contribution in [2.45, 2.75) is 20.1 Å². The Morgan fingerprint density at radius 1 is 1.33 bits per heavy atom. The van der Waals surface area contributed by atoms with E-state index in [4.69, 9.17) is 20.8 Å². The van der Waals surface area contributed by atoms with E-state index in [2.05, 4.69) is 37.0 Å². The topological polar surface area (TPSA) is 57.3 Å². The monoisotopic (exact) mass is 512 g/mol. The first-order valence-electron chi connectivity index (χ1n) is 8.08. The molecule has 0 atom stereocenters. The fourth-order valence-corrected chi connectivity index (χ4v) is 3.61. The summed E-state index contributed by atoms with van der Waals surface area (Å²) in [6.45, 7) is 2.77. The lowest BCUT2D eigenvalue weighted by molar-refractivity contribution is 0.103. The van der Waals surface area contributed by atoms with Gasteiger partial charge in [-0.1, -0.05) is 27.5 Å². The van der Waals surface area contributed by atoms with Crippen molar-refractivity contribution in [1.29, 1.82) is 0 Å². The Morgan fingerprint density at radius 3 is 2.89 bits per heavy atom. The molecule has 8 heteroatoms. The largest absolute Gasteiger partial charge is 0.484 e. The maximum atomic E-state index is 12.4. The Labute approximate surface area is 178 Å². The van der Waals surface area contributed by atoms with E-state index in [1.54, 1.807) is 41.2 Å². The van der Waals surface area contributed by atoms with E-state index in [-0.39, 0.29) is 12.4 Å². The fraction of sp³-hybridized carbons (Fsp3) is 0.158. The van der Waals surface area contributed by atoms with Crippen molar-refractivity contribution < 1.29 is 13.9 Å². The van der Waals surface area contributed by atoms with E-state index < -0.39 is 0 Å². The van der Waals surface area contributed by atoms with E-state index >= 15 is 0 Å². The standard InChI is InChI=1S/C19H15Br2ClN2O3/c1-2-24-19(15(21)10-23-24)17(25)7-6-13-4-5-14(27-13)11-26-18-8-3-12(20)9-16(18)22/h3-10H,2,11H2,1H3/b7-6+. The molecule has 2 heterocycles.